The standard InChI is InChI=1S/C31H32N4O6/c1-40-25-12-11-20(14-26(25)41-2)15-31(28(37)32-30(39)35(29(31)38)23-7-4-3-5-8-23)19-33-16-21-13-22(18-33)24-9-6-10-27(36)34(24)17-21/h3-12,14,21-22H,13,15-19H2,1-2H3,(H,32,37,39)/t21-,22+,31-/m0/s1. The highest BCUT2D eigenvalue weighted by atomic mass is 16.5. The van der Waals surface area contributed by atoms with Gasteiger partial charge in [-0.1, -0.05) is 30.3 Å². The minimum Gasteiger partial charge on any atom is -0.493 e. The van der Waals surface area contributed by atoms with Crippen molar-refractivity contribution in [3.63, 3.8) is 0 Å². The Kier molecular flexibility index (Phi) is 6.86. The molecule has 2 saturated heterocycles. The number of likely N-dealkylation sites (tertiary alicyclic amines) is 1. The molecule has 6 rings (SSSR count). The van der Waals surface area contributed by atoms with Gasteiger partial charge >= 0.3 is 6.03 Å². The van der Waals surface area contributed by atoms with Crippen LogP contribution in [0.1, 0.15) is 23.6 Å². The number of nitrogens with one attached hydrogen (secondary N) is 1. The van der Waals surface area contributed by atoms with Gasteiger partial charge in [-0.05, 0) is 54.7 Å². The lowest BCUT2D eigenvalue weighted by Gasteiger charge is -2.47. The Morgan fingerprint density at radius 1 is 0.878 bits per heavy atom. The van der Waals surface area contributed by atoms with E-state index in [2.05, 4.69) is 10.2 Å². The molecule has 3 aliphatic heterocycles. The summed E-state index contributed by atoms with van der Waals surface area (Å²) in [5, 5.41) is 2.48. The number of para-hydroxylation sites is 1. The number of imide groups is 2. The fraction of sp³-hybridized carbons (Fsp3) is 0.355. The van der Waals surface area contributed by atoms with Gasteiger partial charge in [0.2, 0.25) is 5.91 Å². The van der Waals surface area contributed by atoms with Gasteiger partial charge in [0.05, 0.1) is 19.9 Å². The lowest BCUT2D eigenvalue weighted by molar-refractivity contribution is -0.144. The average molecular weight is 557 g/mol. The number of rotatable bonds is 7. The Balaban J connectivity index is 1.39. The Morgan fingerprint density at radius 2 is 1.66 bits per heavy atom. The SMILES string of the molecule is COc1ccc(C[C@]2(CN3C[C@@H]4C[C@H](C3)c3cccc(=O)n3C4)C(=O)NC(=O)N(c3ccccc3)C2=O)cc1OC. The van der Waals surface area contributed by atoms with Gasteiger partial charge < -0.3 is 18.9 Å². The van der Waals surface area contributed by atoms with Crippen LogP contribution < -0.4 is 25.2 Å². The van der Waals surface area contributed by atoms with Gasteiger partial charge in [-0.15, -0.1) is 0 Å². The second-order valence-electron chi connectivity index (χ2n) is 11.1. The van der Waals surface area contributed by atoms with E-state index in [1.54, 1.807) is 67.8 Å². The Bertz CT molecular complexity index is 1570. The van der Waals surface area contributed by atoms with Crippen LogP contribution in [0.2, 0.25) is 0 Å². The van der Waals surface area contributed by atoms with E-state index < -0.39 is 23.3 Å². The molecule has 0 aliphatic carbocycles. The summed E-state index contributed by atoms with van der Waals surface area (Å²) in [4.78, 5) is 57.1. The van der Waals surface area contributed by atoms with Crippen LogP contribution in [-0.4, -0.2) is 61.2 Å². The van der Waals surface area contributed by atoms with Gasteiger partial charge in [-0.25, -0.2) is 9.69 Å². The summed E-state index contributed by atoms with van der Waals surface area (Å²) in [5.41, 5.74) is 0.471. The molecule has 4 amide bonds. The van der Waals surface area contributed by atoms with Crippen molar-refractivity contribution in [3.8, 4) is 11.5 Å². The fourth-order valence-electron chi connectivity index (χ4n) is 6.68. The lowest BCUT2D eigenvalue weighted by atomic mass is 9.75. The molecule has 41 heavy (non-hydrogen) atoms. The summed E-state index contributed by atoms with van der Waals surface area (Å²) in [6, 6.07) is 18.5. The lowest BCUT2D eigenvalue weighted by Crippen LogP contribution is -2.68. The molecule has 10 nitrogen and oxygen atoms in total. The summed E-state index contributed by atoms with van der Waals surface area (Å²) in [6.45, 7) is 1.93. The van der Waals surface area contributed by atoms with E-state index >= 15 is 0 Å². The van der Waals surface area contributed by atoms with Crippen molar-refractivity contribution in [2.24, 2.45) is 11.3 Å². The van der Waals surface area contributed by atoms with Gasteiger partial charge in [-0.3, -0.25) is 19.7 Å². The molecule has 2 fully saturated rings. The molecule has 212 valence electrons. The number of carbonyl (C=O) groups excluding carboxylic acids is 3. The van der Waals surface area contributed by atoms with Crippen LogP contribution in [0.3, 0.4) is 0 Å². The maximum atomic E-state index is 14.4. The highest BCUT2D eigenvalue weighted by Gasteiger charge is 2.56. The predicted octanol–water partition coefficient (Wildman–Crippen LogP) is 2.80. The van der Waals surface area contributed by atoms with Crippen LogP contribution >= 0.6 is 0 Å². The molecule has 2 bridgehead atoms. The van der Waals surface area contributed by atoms with Crippen LogP contribution in [0.5, 0.6) is 11.5 Å². The zero-order valence-corrected chi connectivity index (χ0v) is 23.0. The molecule has 3 atom stereocenters. The van der Waals surface area contributed by atoms with E-state index in [0.29, 0.717) is 42.4 Å². The third kappa shape index (κ3) is 4.67. The van der Waals surface area contributed by atoms with Crippen molar-refractivity contribution in [3.05, 3.63) is 88.3 Å². The number of barbiturate groups is 1. The van der Waals surface area contributed by atoms with Crippen LogP contribution in [0, 0.1) is 11.3 Å². The third-order valence-electron chi connectivity index (χ3n) is 8.49. The molecule has 0 saturated carbocycles. The Labute approximate surface area is 237 Å². The molecule has 1 aromatic heterocycles. The smallest absolute Gasteiger partial charge is 0.335 e. The number of hydrogen-bond donors (Lipinski definition) is 1. The van der Waals surface area contributed by atoms with E-state index in [-0.39, 0.29) is 30.4 Å². The van der Waals surface area contributed by atoms with Gasteiger partial charge in [0.25, 0.3) is 11.5 Å². The van der Waals surface area contributed by atoms with Gasteiger partial charge in [0, 0.05) is 43.9 Å². The second-order valence-corrected chi connectivity index (χ2v) is 11.1. The summed E-state index contributed by atoms with van der Waals surface area (Å²) < 4.78 is 12.7. The normalized spacial score (nSPS) is 24.0. The highest BCUT2D eigenvalue weighted by molar-refractivity contribution is 6.30. The number of aromatic nitrogens is 1. The largest absolute Gasteiger partial charge is 0.493 e. The van der Waals surface area contributed by atoms with Gasteiger partial charge in [0.1, 0.15) is 5.41 Å². The number of urea groups is 1. The van der Waals surface area contributed by atoms with E-state index in [9.17, 15) is 19.2 Å². The third-order valence-corrected chi connectivity index (χ3v) is 8.49. The van der Waals surface area contributed by atoms with Crippen LogP contribution in [-0.2, 0) is 22.6 Å². The number of fused-ring (bicyclic) bond motifs is 4. The van der Waals surface area contributed by atoms with E-state index in [1.165, 1.54) is 7.11 Å². The second kappa shape index (κ2) is 10.5. The number of pyridine rings is 1. The first kappa shape index (κ1) is 26.8. The number of piperidine rings is 1. The summed E-state index contributed by atoms with van der Waals surface area (Å²) in [6.07, 6.45) is 0.994. The van der Waals surface area contributed by atoms with Gasteiger partial charge in [0.15, 0.2) is 11.5 Å². The number of carbonyl (C=O) groups is 3. The molecule has 2 aromatic carbocycles. The molecule has 0 radical (unpaired) electrons. The number of anilines is 1. The van der Waals surface area contributed by atoms with Crippen molar-refractivity contribution >= 4 is 23.5 Å². The average Bonchev–Trinajstić information content (AvgIpc) is 2.97. The molecule has 3 aromatic rings. The van der Waals surface area contributed by atoms with E-state index in [1.807, 2.05) is 10.6 Å². The first-order valence-electron chi connectivity index (χ1n) is 13.7. The molecule has 3 aliphatic rings. The van der Waals surface area contributed by atoms with Crippen molar-refractivity contribution in [2.45, 2.75) is 25.3 Å². The molecular weight excluding hydrogens is 524 g/mol. The minimum absolute atomic E-state index is 0.00516. The first-order valence-corrected chi connectivity index (χ1v) is 13.7. The number of methoxy groups -OCH3 is 2. The maximum Gasteiger partial charge on any atom is 0.335 e. The van der Waals surface area contributed by atoms with Crippen LogP contribution in [0.4, 0.5) is 10.5 Å². The molecule has 0 spiro atoms. The number of nitrogens with zero attached hydrogens (tertiary/aromatic N) is 3. The number of benzene rings is 2. The molecule has 10 heteroatoms. The van der Waals surface area contributed by atoms with Gasteiger partial charge in [-0.2, -0.15) is 0 Å². The molecular formula is C31H32N4O6. The highest BCUT2D eigenvalue weighted by Crippen LogP contribution is 2.40. The quantitative estimate of drug-likeness (QED) is 0.446. The Hall–Kier alpha value is -4.44. The van der Waals surface area contributed by atoms with Crippen LogP contribution in [0.15, 0.2) is 71.5 Å². The first-order chi connectivity index (χ1) is 19.8. The van der Waals surface area contributed by atoms with Crippen molar-refractivity contribution in [1.82, 2.24) is 14.8 Å². The fourth-order valence-corrected chi connectivity index (χ4v) is 6.68. The van der Waals surface area contributed by atoms with Crippen molar-refractivity contribution in [2.75, 3.05) is 38.8 Å². The molecule has 0 unspecified atom stereocenters. The number of ether oxygens (including phenoxy) is 2. The van der Waals surface area contributed by atoms with Crippen molar-refractivity contribution < 1.29 is 23.9 Å². The summed E-state index contributed by atoms with van der Waals surface area (Å²) in [5.74, 6) is 0.121. The van der Waals surface area contributed by atoms with Crippen molar-refractivity contribution in [1.29, 1.82) is 0 Å². The number of hydrogen-bond acceptors (Lipinski definition) is 7. The molecule has 1 N–H and O–H groups in total. The summed E-state index contributed by atoms with van der Waals surface area (Å²) in [7, 11) is 3.07. The minimum atomic E-state index is -1.59. The molecule has 4 heterocycles. The van der Waals surface area contributed by atoms with E-state index in [0.717, 1.165) is 17.0 Å². The van der Waals surface area contributed by atoms with E-state index in [4.69, 9.17) is 9.47 Å². The Morgan fingerprint density at radius 3 is 2.41 bits per heavy atom. The van der Waals surface area contributed by atoms with Crippen LogP contribution in [0.25, 0.3) is 0 Å². The zero-order chi connectivity index (χ0) is 28.7. The monoisotopic (exact) mass is 556 g/mol. The predicted molar refractivity (Wildman–Crippen MR) is 151 cm³/mol. The topological polar surface area (TPSA) is 110 Å². The number of amides is 4. The summed E-state index contributed by atoms with van der Waals surface area (Å²) >= 11 is 0. The maximum absolute atomic E-state index is 14.4. The zero-order valence-electron chi connectivity index (χ0n) is 23.0.